The molecule has 23 heavy (non-hydrogen) atoms. The van der Waals surface area contributed by atoms with Crippen molar-refractivity contribution >= 4 is 15.9 Å². The molecular formula is C20H20BrN2+. The summed E-state index contributed by atoms with van der Waals surface area (Å²) in [5, 5.41) is 0. The van der Waals surface area contributed by atoms with Crippen LogP contribution in [0.3, 0.4) is 0 Å². The molecule has 0 saturated heterocycles. The smallest absolute Gasteiger partial charge is 0.233 e. The van der Waals surface area contributed by atoms with E-state index >= 15 is 0 Å². The molecule has 0 N–H and O–H groups in total. The van der Waals surface area contributed by atoms with Gasteiger partial charge in [0.15, 0.2) is 5.69 Å². The summed E-state index contributed by atoms with van der Waals surface area (Å²) in [5.41, 5.74) is 5.09. The average molecular weight is 368 g/mol. The SMILES string of the molecule is Cc1ccc(-c2c[n+]3c(n2-c2ccc(Br)cc2)CCCC3)cc1. The Bertz CT molecular complexity index is 829. The first-order chi connectivity index (χ1) is 11.2. The number of fused-ring (bicyclic) bond motifs is 1. The fourth-order valence-electron chi connectivity index (χ4n) is 3.37. The summed E-state index contributed by atoms with van der Waals surface area (Å²) >= 11 is 3.54. The molecule has 2 heterocycles. The van der Waals surface area contributed by atoms with E-state index in [0.717, 1.165) is 17.4 Å². The summed E-state index contributed by atoms with van der Waals surface area (Å²) in [6.45, 7) is 3.26. The maximum Gasteiger partial charge on any atom is 0.262 e. The number of aryl methyl sites for hydroxylation is 2. The summed E-state index contributed by atoms with van der Waals surface area (Å²) < 4.78 is 5.98. The predicted octanol–water partition coefficient (Wildman–Crippen LogP) is 4.84. The van der Waals surface area contributed by atoms with E-state index in [1.54, 1.807) is 0 Å². The number of aromatic nitrogens is 2. The Labute approximate surface area is 145 Å². The minimum atomic E-state index is 1.12. The molecule has 3 heteroatoms. The fourth-order valence-corrected chi connectivity index (χ4v) is 3.63. The van der Waals surface area contributed by atoms with E-state index in [0.29, 0.717) is 0 Å². The highest BCUT2D eigenvalue weighted by Gasteiger charge is 2.27. The normalized spacial score (nSPS) is 13.8. The van der Waals surface area contributed by atoms with E-state index in [9.17, 15) is 0 Å². The number of benzene rings is 2. The van der Waals surface area contributed by atoms with E-state index in [1.807, 2.05) is 0 Å². The lowest BCUT2D eigenvalue weighted by Gasteiger charge is -2.10. The van der Waals surface area contributed by atoms with Gasteiger partial charge in [-0.3, -0.25) is 0 Å². The maximum atomic E-state index is 3.54. The summed E-state index contributed by atoms with van der Waals surface area (Å²) in [4.78, 5) is 0. The first kappa shape index (κ1) is 14.7. The average Bonchev–Trinajstić information content (AvgIpc) is 2.96. The van der Waals surface area contributed by atoms with Crippen LogP contribution in [-0.2, 0) is 13.0 Å². The molecule has 4 rings (SSSR count). The van der Waals surface area contributed by atoms with Crippen LogP contribution < -0.4 is 4.57 Å². The first-order valence-electron chi connectivity index (χ1n) is 8.19. The number of hydrogen-bond acceptors (Lipinski definition) is 0. The Hall–Kier alpha value is -1.87. The quantitative estimate of drug-likeness (QED) is 0.573. The van der Waals surface area contributed by atoms with Gasteiger partial charge in [-0.15, -0.1) is 0 Å². The van der Waals surface area contributed by atoms with Crippen molar-refractivity contribution in [2.75, 3.05) is 0 Å². The van der Waals surface area contributed by atoms with Gasteiger partial charge in [-0.25, -0.2) is 4.57 Å². The van der Waals surface area contributed by atoms with Crippen molar-refractivity contribution in [3.05, 3.63) is 70.6 Å². The van der Waals surface area contributed by atoms with Crippen LogP contribution in [-0.4, -0.2) is 4.57 Å². The minimum Gasteiger partial charge on any atom is -0.233 e. The van der Waals surface area contributed by atoms with Crippen molar-refractivity contribution in [1.29, 1.82) is 0 Å². The van der Waals surface area contributed by atoms with Crippen molar-refractivity contribution in [2.24, 2.45) is 0 Å². The molecule has 1 aromatic heterocycles. The summed E-state index contributed by atoms with van der Waals surface area (Å²) in [6.07, 6.45) is 6.01. The molecule has 1 aliphatic rings. The second kappa shape index (κ2) is 5.97. The molecule has 116 valence electrons. The fraction of sp³-hybridized carbons (Fsp3) is 0.250. The zero-order valence-corrected chi connectivity index (χ0v) is 14.9. The standard InChI is InChI=1S/C20H20BrN2/c1-15-5-7-16(8-6-15)19-14-22-13-3-2-4-20(22)23(19)18-11-9-17(21)10-12-18/h5-12,14H,2-4,13H2,1H3/q+1. The lowest BCUT2D eigenvalue weighted by Crippen LogP contribution is -2.40. The molecular weight excluding hydrogens is 348 g/mol. The molecule has 0 fully saturated rings. The van der Waals surface area contributed by atoms with Gasteiger partial charge in [-0.05, 0) is 44.0 Å². The molecule has 0 saturated carbocycles. The molecule has 3 aromatic rings. The molecule has 1 aliphatic heterocycles. The van der Waals surface area contributed by atoms with Gasteiger partial charge in [0, 0.05) is 16.5 Å². The number of imidazole rings is 1. The van der Waals surface area contributed by atoms with Crippen molar-refractivity contribution < 1.29 is 4.57 Å². The lowest BCUT2D eigenvalue weighted by molar-refractivity contribution is -0.708. The van der Waals surface area contributed by atoms with Gasteiger partial charge in [-0.2, -0.15) is 4.57 Å². The maximum absolute atomic E-state index is 3.54. The van der Waals surface area contributed by atoms with Crippen LogP contribution in [0.1, 0.15) is 24.2 Å². The Kier molecular flexibility index (Phi) is 3.82. The van der Waals surface area contributed by atoms with E-state index in [-0.39, 0.29) is 0 Å². The van der Waals surface area contributed by atoms with Crippen LogP contribution in [0.15, 0.2) is 59.2 Å². The van der Waals surface area contributed by atoms with E-state index < -0.39 is 0 Å². The molecule has 0 unspecified atom stereocenters. The highest BCUT2D eigenvalue weighted by molar-refractivity contribution is 9.10. The molecule has 0 radical (unpaired) electrons. The van der Waals surface area contributed by atoms with Gasteiger partial charge in [0.25, 0.3) is 5.82 Å². The van der Waals surface area contributed by atoms with Gasteiger partial charge >= 0.3 is 0 Å². The van der Waals surface area contributed by atoms with Gasteiger partial charge in [0.05, 0.1) is 6.54 Å². The van der Waals surface area contributed by atoms with E-state index in [1.165, 1.54) is 41.2 Å². The summed E-state index contributed by atoms with van der Waals surface area (Å²) in [5.74, 6) is 1.41. The zero-order chi connectivity index (χ0) is 15.8. The Morgan fingerprint density at radius 3 is 2.43 bits per heavy atom. The summed E-state index contributed by atoms with van der Waals surface area (Å²) in [7, 11) is 0. The van der Waals surface area contributed by atoms with Crippen LogP contribution >= 0.6 is 15.9 Å². The second-order valence-corrected chi connectivity index (χ2v) is 7.17. The minimum absolute atomic E-state index is 1.12. The molecule has 0 spiro atoms. The first-order valence-corrected chi connectivity index (χ1v) is 8.99. The molecule has 2 nitrogen and oxygen atoms in total. The largest absolute Gasteiger partial charge is 0.262 e. The number of hydrogen-bond donors (Lipinski definition) is 0. The highest BCUT2D eigenvalue weighted by Crippen LogP contribution is 2.27. The predicted molar refractivity (Wildman–Crippen MR) is 96.8 cm³/mol. The van der Waals surface area contributed by atoms with E-state index in [4.69, 9.17) is 0 Å². The third-order valence-corrected chi connectivity index (χ3v) is 5.12. The molecule has 0 atom stereocenters. The van der Waals surface area contributed by atoms with Crippen molar-refractivity contribution in [3.63, 3.8) is 0 Å². The zero-order valence-electron chi connectivity index (χ0n) is 13.3. The molecule has 0 aliphatic carbocycles. The number of halogens is 1. The third kappa shape index (κ3) is 2.74. The van der Waals surface area contributed by atoms with Gasteiger partial charge in [0.1, 0.15) is 11.9 Å². The van der Waals surface area contributed by atoms with E-state index in [2.05, 4.69) is 86.7 Å². The Morgan fingerprint density at radius 1 is 0.957 bits per heavy atom. The van der Waals surface area contributed by atoms with Crippen LogP contribution in [0.4, 0.5) is 0 Å². The molecule has 0 amide bonds. The van der Waals surface area contributed by atoms with Crippen molar-refractivity contribution in [3.8, 4) is 16.9 Å². The Morgan fingerprint density at radius 2 is 1.70 bits per heavy atom. The number of nitrogens with zero attached hydrogens (tertiary/aromatic N) is 2. The monoisotopic (exact) mass is 367 g/mol. The lowest BCUT2D eigenvalue weighted by atomic mass is 10.1. The highest BCUT2D eigenvalue weighted by atomic mass is 79.9. The molecule has 2 aromatic carbocycles. The van der Waals surface area contributed by atoms with Crippen LogP contribution in [0.25, 0.3) is 16.9 Å². The van der Waals surface area contributed by atoms with Crippen LogP contribution in [0.2, 0.25) is 0 Å². The van der Waals surface area contributed by atoms with Gasteiger partial charge in [0.2, 0.25) is 0 Å². The topological polar surface area (TPSA) is 8.81 Å². The van der Waals surface area contributed by atoms with Crippen LogP contribution in [0, 0.1) is 6.92 Å². The van der Waals surface area contributed by atoms with Gasteiger partial charge in [-0.1, -0.05) is 45.8 Å². The Balaban J connectivity index is 1.93. The summed E-state index contributed by atoms with van der Waals surface area (Å²) in [6, 6.07) is 17.5. The third-order valence-electron chi connectivity index (χ3n) is 4.59. The molecule has 0 bridgehead atoms. The van der Waals surface area contributed by atoms with Crippen molar-refractivity contribution in [2.45, 2.75) is 32.7 Å². The second-order valence-electron chi connectivity index (χ2n) is 6.26. The van der Waals surface area contributed by atoms with Crippen LogP contribution in [0.5, 0.6) is 0 Å². The number of rotatable bonds is 2. The van der Waals surface area contributed by atoms with Gasteiger partial charge < -0.3 is 0 Å². The van der Waals surface area contributed by atoms with Crippen molar-refractivity contribution in [1.82, 2.24) is 4.57 Å².